The highest BCUT2D eigenvalue weighted by Gasteiger charge is 2.32. The number of likely N-dealkylation sites (tertiary alicyclic amines) is 1. The zero-order chi connectivity index (χ0) is 21.9. The largest absolute Gasteiger partial charge is 0.416 e. The van der Waals surface area contributed by atoms with Crippen LogP contribution in [0.25, 0.3) is 0 Å². The molecule has 2 heterocycles. The van der Waals surface area contributed by atoms with Crippen LogP contribution in [-0.4, -0.2) is 78.2 Å². The van der Waals surface area contributed by atoms with Gasteiger partial charge in [-0.2, -0.15) is 13.2 Å². The molecule has 1 unspecified atom stereocenters. The molecule has 164 valence electrons. The highest BCUT2D eigenvalue weighted by Crippen LogP contribution is 2.29. The number of rotatable bonds is 4. The molecule has 2 N–H and O–H groups in total. The van der Waals surface area contributed by atoms with Crippen LogP contribution >= 0.6 is 0 Å². The van der Waals surface area contributed by atoms with Crippen molar-refractivity contribution in [1.29, 1.82) is 0 Å². The van der Waals surface area contributed by atoms with Crippen LogP contribution in [0, 0.1) is 5.92 Å². The lowest BCUT2D eigenvalue weighted by molar-refractivity contribution is -0.138. The Labute approximate surface area is 172 Å². The molecule has 3 rings (SSSR count). The fourth-order valence-corrected chi connectivity index (χ4v) is 3.85. The number of nitrogens with two attached hydrogens (primary N) is 1. The van der Waals surface area contributed by atoms with Crippen LogP contribution in [0.1, 0.15) is 28.8 Å². The molecule has 1 aromatic rings. The minimum absolute atomic E-state index is 0.000150. The standard InChI is InChI=1S/C20H25F3N4O3/c21-20(22,23)16-5-1-3-14(11-16)19(30)26-9-7-25(8-10-26)13-17(28)27-6-2-4-15(12-27)18(24)29/h1,3,5,11,15H,2,4,6-10,12-13H2,(H2,24,29). The second kappa shape index (κ2) is 9.03. The van der Waals surface area contributed by atoms with Crippen molar-refractivity contribution in [3.63, 3.8) is 0 Å². The first-order chi connectivity index (χ1) is 14.1. The number of piperidine rings is 1. The van der Waals surface area contributed by atoms with Gasteiger partial charge in [0.2, 0.25) is 11.8 Å². The number of hydrogen-bond acceptors (Lipinski definition) is 4. The van der Waals surface area contributed by atoms with Gasteiger partial charge in [0.15, 0.2) is 0 Å². The molecule has 0 spiro atoms. The second-order valence-electron chi connectivity index (χ2n) is 7.73. The molecule has 0 saturated carbocycles. The third kappa shape index (κ3) is 5.29. The van der Waals surface area contributed by atoms with Crippen molar-refractivity contribution >= 4 is 17.7 Å². The van der Waals surface area contributed by atoms with Crippen LogP contribution in [0.5, 0.6) is 0 Å². The molecule has 2 aliphatic heterocycles. The zero-order valence-electron chi connectivity index (χ0n) is 16.5. The summed E-state index contributed by atoms with van der Waals surface area (Å²) in [5, 5.41) is 0. The lowest BCUT2D eigenvalue weighted by Crippen LogP contribution is -2.53. The van der Waals surface area contributed by atoms with E-state index in [0.29, 0.717) is 45.7 Å². The third-order valence-electron chi connectivity index (χ3n) is 5.63. The van der Waals surface area contributed by atoms with E-state index in [1.807, 2.05) is 4.90 Å². The minimum atomic E-state index is -4.50. The maximum Gasteiger partial charge on any atom is 0.416 e. The van der Waals surface area contributed by atoms with Gasteiger partial charge in [-0.15, -0.1) is 0 Å². The molecular weight excluding hydrogens is 401 g/mol. The Kier molecular flexibility index (Phi) is 6.64. The van der Waals surface area contributed by atoms with E-state index in [1.165, 1.54) is 17.0 Å². The van der Waals surface area contributed by atoms with Gasteiger partial charge in [0.25, 0.3) is 5.91 Å². The lowest BCUT2D eigenvalue weighted by atomic mass is 9.97. The topological polar surface area (TPSA) is 86.9 Å². The number of primary amides is 1. The highest BCUT2D eigenvalue weighted by molar-refractivity contribution is 5.94. The highest BCUT2D eigenvalue weighted by atomic mass is 19.4. The van der Waals surface area contributed by atoms with Crippen molar-refractivity contribution < 1.29 is 27.6 Å². The number of hydrogen-bond donors (Lipinski definition) is 1. The van der Waals surface area contributed by atoms with E-state index in [1.54, 1.807) is 4.90 Å². The Bertz CT molecular complexity index is 807. The number of amides is 3. The first kappa shape index (κ1) is 22.1. The Morgan fingerprint density at radius 1 is 1.03 bits per heavy atom. The number of benzene rings is 1. The summed E-state index contributed by atoms with van der Waals surface area (Å²) in [6.07, 6.45) is -3.08. The molecule has 1 aromatic carbocycles. The van der Waals surface area contributed by atoms with Crippen molar-refractivity contribution in [2.75, 3.05) is 45.8 Å². The van der Waals surface area contributed by atoms with Gasteiger partial charge >= 0.3 is 6.18 Å². The molecular formula is C20H25F3N4O3. The maximum atomic E-state index is 12.9. The van der Waals surface area contributed by atoms with Crippen molar-refractivity contribution in [2.45, 2.75) is 19.0 Å². The smallest absolute Gasteiger partial charge is 0.369 e. The molecule has 0 aromatic heterocycles. The van der Waals surface area contributed by atoms with E-state index < -0.39 is 23.6 Å². The van der Waals surface area contributed by atoms with E-state index in [2.05, 4.69) is 0 Å². The summed E-state index contributed by atoms with van der Waals surface area (Å²) in [4.78, 5) is 41.6. The molecule has 0 radical (unpaired) electrons. The van der Waals surface area contributed by atoms with Gasteiger partial charge in [0.1, 0.15) is 0 Å². The zero-order valence-corrected chi connectivity index (χ0v) is 16.5. The first-order valence-electron chi connectivity index (χ1n) is 9.91. The van der Waals surface area contributed by atoms with Gasteiger partial charge in [-0.1, -0.05) is 6.07 Å². The second-order valence-corrected chi connectivity index (χ2v) is 7.73. The molecule has 3 amide bonds. The summed E-state index contributed by atoms with van der Waals surface area (Å²) in [5.41, 5.74) is 4.50. The number of halogens is 3. The SMILES string of the molecule is NC(=O)C1CCCN(C(=O)CN2CCN(C(=O)c3cccc(C(F)(F)F)c3)CC2)C1. The summed E-state index contributed by atoms with van der Waals surface area (Å²) in [6.45, 7) is 2.65. The maximum absolute atomic E-state index is 12.9. The summed E-state index contributed by atoms with van der Waals surface area (Å²) >= 11 is 0. The van der Waals surface area contributed by atoms with Gasteiger partial charge in [0.05, 0.1) is 18.0 Å². The van der Waals surface area contributed by atoms with E-state index in [9.17, 15) is 27.6 Å². The van der Waals surface area contributed by atoms with Crippen LogP contribution in [0.2, 0.25) is 0 Å². The minimum Gasteiger partial charge on any atom is -0.369 e. The quantitative estimate of drug-likeness (QED) is 0.784. The van der Waals surface area contributed by atoms with Crippen LogP contribution in [0.15, 0.2) is 24.3 Å². The van der Waals surface area contributed by atoms with E-state index >= 15 is 0 Å². The molecule has 0 bridgehead atoms. The summed E-state index contributed by atoms with van der Waals surface area (Å²) in [6, 6.07) is 4.40. The first-order valence-corrected chi connectivity index (χ1v) is 9.91. The fourth-order valence-electron chi connectivity index (χ4n) is 3.85. The van der Waals surface area contributed by atoms with Crippen molar-refractivity contribution in [1.82, 2.24) is 14.7 Å². The van der Waals surface area contributed by atoms with Gasteiger partial charge in [-0.05, 0) is 31.0 Å². The predicted molar refractivity (Wildman–Crippen MR) is 102 cm³/mol. The van der Waals surface area contributed by atoms with E-state index in [-0.39, 0.29) is 23.9 Å². The fraction of sp³-hybridized carbons (Fsp3) is 0.550. The Morgan fingerprint density at radius 2 is 1.73 bits per heavy atom. The summed E-state index contributed by atoms with van der Waals surface area (Å²) in [7, 11) is 0. The third-order valence-corrected chi connectivity index (χ3v) is 5.63. The molecule has 0 aliphatic carbocycles. The van der Waals surface area contributed by atoms with E-state index in [0.717, 1.165) is 18.6 Å². The van der Waals surface area contributed by atoms with Crippen LogP contribution in [0.3, 0.4) is 0 Å². The van der Waals surface area contributed by atoms with E-state index in [4.69, 9.17) is 5.73 Å². The number of alkyl halides is 3. The summed E-state index contributed by atoms with van der Waals surface area (Å²) in [5.74, 6) is -1.25. The molecule has 1 atom stereocenters. The van der Waals surface area contributed by atoms with Crippen molar-refractivity contribution in [2.24, 2.45) is 11.7 Å². The Morgan fingerprint density at radius 3 is 2.37 bits per heavy atom. The summed E-state index contributed by atoms with van der Waals surface area (Å²) < 4.78 is 38.6. The average molecular weight is 426 g/mol. The van der Waals surface area contributed by atoms with Crippen LogP contribution in [-0.2, 0) is 15.8 Å². The molecule has 7 nitrogen and oxygen atoms in total. The van der Waals surface area contributed by atoms with Crippen molar-refractivity contribution in [3.8, 4) is 0 Å². The van der Waals surface area contributed by atoms with Crippen molar-refractivity contribution in [3.05, 3.63) is 35.4 Å². The van der Waals surface area contributed by atoms with Gasteiger partial charge in [-0.25, -0.2) is 0 Å². The normalized spacial score (nSPS) is 20.8. The lowest BCUT2D eigenvalue weighted by Gasteiger charge is -2.37. The molecule has 2 aliphatic rings. The van der Waals surface area contributed by atoms with Crippen LogP contribution in [0.4, 0.5) is 13.2 Å². The average Bonchev–Trinajstić information content (AvgIpc) is 2.73. The number of piperazine rings is 1. The molecule has 2 saturated heterocycles. The van der Waals surface area contributed by atoms with Gasteiger partial charge < -0.3 is 15.5 Å². The predicted octanol–water partition coefficient (Wildman–Crippen LogP) is 1.19. The molecule has 10 heteroatoms. The van der Waals surface area contributed by atoms with Crippen LogP contribution < -0.4 is 5.73 Å². The number of nitrogens with zero attached hydrogens (tertiary/aromatic N) is 3. The van der Waals surface area contributed by atoms with Gasteiger partial charge in [0, 0.05) is 44.8 Å². The monoisotopic (exact) mass is 426 g/mol. The number of carbonyl (C=O) groups is 3. The molecule has 30 heavy (non-hydrogen) atoms. The Hall–Kier alpha value is -2.62. The molecule has 2 fully saturated rings. The Balaban J connectivity index is 1.52. The van der Waals surface area contributed by atoms with Gasteiger partial charge in [-0.3, -0.25) is 19.3 Å². The number of carbonyl (C=O) groups excluding carboxylic acids is 3.